The Morgan fingerprint density at radius 3 is 2.54 bits per heavy atom. The predicted octanol–water partition coefficient (Wildman–Crippen LogP) is 3.71. The summed E-state index contributed by atoms with van der Waals surface area (Å²) in [5.41, 5.74) is 2.75. The molecule has 1 aliphatic rings. The zero-order valence-corrected chi connectivity index (χ0v) is 16.2. The lowest BCUT2D eigenvalue weighted by molar-refractivity contribution is 0.0938. The molecule has 2 heterocycles. The van der Waals surface area contributed by atoms with Gasteiger partial charge < -0.3 is 5.32 Å². The lowest BCUT2D eigenvalue weighted by Crippen LogP contribution is -2.32. The molecule has 0 saturated heterocycles. The number of nitrogens with one attached hydrogen (secondary N) is 1. The fourth-order valence-electron chi connectivity index (χ4n) is 3.83. The van der Waals surface area contributed by atoms with Gasteiger partial charge in [0, 0.05) is 29.4 Å². The Hall–Kier alpha value is -3.02. The summed E-state index contributed by atoms with van der Waals surface area (Å²) in [6.07, 6.45) is 6.12. The average molecular weight is 376 g/mol. The van der Waals surface area contributed by atoms with Crippen LogP contribution in [0.15, 0.2) is 47.4 Å². The van der Waals surface area contributed by atoms with Gasteiger partial charge in [0.25, 0.3) is 11.5 Å². The highest BCUT2D eigenvalue weighted by atomic mass is 16.1. The highest BCUT2D eigenvalue weighted by molar-refractivity contribution is 5.94. The molecule has 1 aromatic carbocycles. The van der Waals surface area contributed by atoms with Crippen molar-refractivity contribution < 1.29 is 4.79 Å². The Bertz CT molecular complexity index is 1060. The largest absolute Gasteiger partial charge is 0.349 e. The Kier molecular flexibility index (Phi) is 4.94. The van der Waals surface area contributed by atoms with Crippen LogP contribution in [-0.2, 0) is 0 Å². The van der Waals surface area contributed by atoms with E-state index in [1.165, 1.54) is 12.8 Å². The fourth-order valence-corrected chi connectivity index (χ4v) is 3.83. The molecule has 0 aliphatic heterocycles. The summed E-state index contributed by atoms with van der Waals surface area (Å²) in [6, 6.07) is 11.0. The van der Waals surface area contributed by atoms with Gasteiger partial charge in [0.1, 0.15) is 11.2 Å². The van der Waals surface area contributed by atoms with Crippen molar-refractivity contribution in [2.45, 2.75) is 51.6 Å². The summed E-state index contributed by atoms with van der Waals surface area (Å²) in [6.45, 7) is 3.91. The van der Waals surface area contributed by atoms with Gasteiger partial charge in [-0.25, -0.2) is 9.97 Å². The maximum Gasteiger partial charge on any atom is 0.278 e. The smallest absolute Gasteiger partial charge is 0.278 e. The Morgan fingerprint density at radius 2 is 1.86 bits per heavy atom. The van der Waals surface area contributed by atoms with Crippen molar-refractivity contribution in [2.75, 3.05) is 0 Å². The van der Waals surface area contributed by atoms with Crippen molar-refractivity contribution in [3.8, 4) is 11.3 Å². The second-order valence-corrected chi connectivity index (χ2v) is 7.61. The molecule has 144 valence electrons. The Balaban J connectivity index is 1.69. The number of fused-ring (bicyclic) bond motifs is 1. The lowest BCUT2D eigenvalue weighted by atomic mass is 10.1. The number of rotatable bonds is 4. The first-order chi connectivity index (χ1) is 13.5. The van der Waals surface area contributed by atoms with E-state index in [-0.39, 0.29) is 23.6 Å². The normalized spacial score (nSPS) is 14.7. The van der Waals surface area contributed by atoms with Crippen molar-refractivity contribution in [1.29, 1.82) is 0 Å². The minimum atomic E-state index is -0.177. The first-order valence-electron chi connectivity index (χ1n) is 9.83. The van der Waals surface area contributed by atoms with E-state index in [1.54, 1.807) is 35.0 Å². The first-order valence-corrected chi connectivity index (χ1v) is 9.83. The summed E-state index contributed by atoms with van der Waals surface area (Å²) < 4.78 is 1.67. The molecule has 0 unspecified atom stereocenters. The van der Waals surface area contributed by atoms with Crippen LogP contribution < -0.4 is 10.9 Å². The molecule has 1 fully saturated rings. The highest BCUT2D eigenvalue weighted by Gasteiger charge is 2.19. The van der Waals surface area contributed by atoms with Crippen LogP contribution in [0.5, 0.6) is 0 Å². The van der Waals surface area contributed by atoms with E-state index in [2.05, 4.69) is 15.3 Å². The van der Waals surface area contributed by atoms with Crippen LogP contribution in [0.4, 0.5) is 0 Å². The van der Waals surface area contributed by atoms with Crippen LogP contribution in [0.3, 0.4) is 0 Å². The number of carbonyl (C=O) groups excluding carboxylic acids is 1. The topological polar surface area (TPSA) is 76.9 Å². The molecule has 1 saturated carbocycles. The van der Waals surface area contributed by atoms with E-state index in [1.807, 2.05) is 26.0 Å². The van der Waals surface area contributed by atoms with Gasteiger partial charge in [-0.3, -0.25) is 14.2 Å². The molecule has 2 aromatic heterocycles. The summed E-state index contributed by atoms with van der Waals surface area (Å²) >= 11 is 0. The van der Waals surface area contributed by atoms with Gasteiger partial charge in [-0.2, -0.15) is 0 Å². The number of hydrogen-bond acceptors (Lipinski definition) is 4. The van der Waals surface area contributed by atoms with Crippen molar-refractivity contribution >= 4 is 17.1 Å². The van der Waals surface area contributed by atoms with E-state index in [9.17, 15) is 9.59 Å². The maximum absolute atomic E-state index is 13.1. The monoisotopic (exact) mass is 376 g/mol. The van der Waals surface area contributed by atoms with Crippen LogP contribution in [-0.4, -0.2) is 26.5 Å². The molecular weight excluding hydrogens is 352 g/mol. The summed E-state index contributed by atoms with van der Waals surface area (Å²) in [5.74, 6) is -0.0614. The van der Waals surface area contributed by atoms with Gasteiger partial charge >= 0.3 is 0 Å². The van der Waals surface area contributed by atoms with Crippen molar-refractivity contribution in [3.63, 3.8) is 0 Å². The lowest BCUT2D eigenvalue weighted by Gasteiger charge is -2.15. The minimum Gasteiger partial charge on any atom is -0.349 e. The van der Waals surface area contributed by atoms with Crippen LogP contribution in [0.2, 0.25) is 0 Å². The van der Waals surface area contributed by atoms with Crippen LogP contribution >= 0.6 is 0 Å². The molecule has 0 atom stereocenters. The number of benzene rings is 1. The van der Waals surface area contributed by atoms with Gasteiger partial charge in [-0.1, -0.05) is 25.0 Å². The molecule has 1 aliphatic carbocycles. The third kappa shape index (κ3) is 3.42. The molecule has 1 amide bonds. The third-order valence-corrected chi connectivity index (χ3v) is 5.28. The van der Waals surface area contributed by atoms with Gasteiger partial charge in [0.05, 0.1) is 0 Å². The number of carbonyl (C=O) groups is 1. The number of amides is 1. The Labute approximate surface area is 163 Å². The Morgan fingerprint density at radius 1 is 1.14 bits per heavy atom. The minimum absolute atomic E-state index is 0.0388. The highest BCUT2D eigenvalue weighted by Crippen LogP contribution is 2.21. The molecule has 28 heavy (non-hydrogen) atoms. The third-order valence-electron chi connectivity index (χ3n) is 5.28. The number of hydrogen-bond donors (Lipinski definition) is 1. The van der Waals surface area contributed by atoms with Crippen molar-refractivity contribution in [2.24, 2.45) is 0 Å². The molecule has 1 N–H and O–H groups in total. The average Bonchev–Trinajstić information content (AvgIpc) is 3.20. The van der Waals surface area contributed by atoms with Crippen molar-refractivity contribution in [1.82, 2.24) is 19.9 Å². The van der Waals surface area contributed by atoms with Gasteiger partial charge in [0.2, 0.25) is 0 Å². The van der Waals surface area contributed by atoms with E-state index in [4.69, 9.17) is 0 Å². The predicted molar refractivity (Wildman–Crippen MR) is 109 cm³/mol. The standard InChI is InChI=1S/C22H24N4O2/c1-14(2)26-20-18(8-5-13-23-20)25-19(22(26)28)15-9-11-16(12-10-15)21(27)24-17-6-3-4-7-17/h5,8-14,17H,3-4,6-7H2,1-2H3,(H,24,27). The quantitative estimate of drug-likeness (QED) is 0.753. The number of pyridine rings is 1. The number of aromatic nitrogens is 3. The van der Waals surface area contributed by atoms with E-state index in [0.29, 0.717) is 28.0 Å². The molecule has 0 radical (unpaired) electrons. The second-order valence-electron chi connectivity index (χ2n) is 7.61. The first kappa shape index (κ1) is 18.3. The molecule has 0 spiro atoms. The van der Waals surface area contributed by atoms with E-state index in [0.717, 1.165) is 12.8 Å². The fraction of sp³-hybridized carbons (Fsp3) is 0.364. The van der Waals surface area contributed by atoms with E-state index >= 15 is 0 Å². The summed E-state index contributed by atoms with van der Waals surface area (Å²) in [4.78, 5) is 34.4. The van der Waals surface area contributed by atoms with Gasteiger partial charge in [-0.05, 0) is 51.0 Å². The molecule has 3 aromatic rings. The zero-order chi connectivity index (χ0) is 19.7. The van der Waals surface area contributed by atoms with Gasteiger partial charge in [-0.15, -0.1) is 0 Å². The molecule has 6 nitrogen and oxygen atoms in total. The van der Waals surface area contributed by atoms with Gasteiger partial charge in [0.15, 0.2) is 5.65 Å². The van der Waals surface area contributed by atoms with Crippen LogP contribution in [0.25, 0.3) is 22.4 Å². The van der Waals surface area contributed by atoms with Crippen LogP contribution in [0, 0.1) is 0 Å². The summed E-state index contributed by atoms with van der Waals surface area (Å²) in [7, 11) is 0. The maximum atomic E-state index is 13.1. The second kappa shape index (κ2) is 7.54. The van der Waals surface area contributed by atoms with Crippen LogP contribution in [0.1, 0.15) is 55.9 Å². The number of nitrogens with zero attached hydrogens (tertiary/aromatic N) is 3. The molecule has 4 rings (SSSR count). The zero-order valence-electron chi connectivity index (χ0n) is 16.2. The summed E-state index contributed by atoms with van der Waals surface area (Å²) in [5, 5.41) is 3.09. The SMILES string of the molecule is CC(C)n1c(=O)c(-c2ccc(C(=O)NC3CCCC3)cc2)nc2cccnc21. The molecular formula is C22H24N4O2. The van der Waals surface area contributed by atoms with Crippen molar-refractivity contribution in [3.05, 3.63) is 58.5 Å². The van der Waals surface area contributed by atoms with E-state index < -0.39 is 0 Å². The molecule has 0 bridgehead atoms. The molecule has 6 heteroatoms.